The van der Waals surface area contributed by atoms with Crippen molar-refractivity contribution in [2.45, 2.75) is 59.6 Å². The van der Waals surface area contributed by atoms with Gasteiger partial charge in [-0.3, -0.25) is 4.79 Å². The van der Waals surface area contributed by atoms with E-state index in [4.69, 9.17) is 4.74 Å². The molecule has 2 aromatic carbocycles. The Morgan fingerprint density at radius 2 is 1.73 bits per heavy atom. The highest BCUT2D eigenvalue weighted by molar-refractivity contribution is 5.81. The number of amides is 1. The maximum atomic E-state index is 12.9. The molecule has 2 atom stereocenters. The van der Waals surface area contributed by atoms with Crippen LogP contribution in [0.3, 0.4) is 0 Å². The lowest BCUT2D eigenvalue weighted by molar-refractivity contribution is -0.129. The van der Waals surface area contributed by atoms with Gasteiger partial charge in [0.1, 0.15) is 5.75 Å². The van der Waals surface area contributed by atoms with Crippen LogP contribution < -0.4 is 10.1 Å². The number of carbonyl (C=O) groups is 1. The third-order valence-corrected chi connectivity index (χ3v) is 4.71. The van der Waals surface area contributed by atoms with Crippen LogP contribution >= 0.6 is 0 Å². The number of hydrogen-bond donors (Lipinski definition) is 1. The molecule has 0 unspecified atom stereocenters. The van der Waals surface area contributed by atoms with Gasteiger partial charge in [0.25, 0.3) is 5.91 Å². The van der Waals surface area contributed by atoms with Crippen molar-refractivity contribution in [1.82, 2.24) is 5.32 Å². The first-order valence-electron chi connectivity index (χ1n) is 9.50. The molecule has 0 aliphatic rings. The molecule has 0 aliphatic heterocycles. The second-order valence-corrected chi connectivity index (χ2v) is 7.31. The van der Waals surface area contributed by atoms with Crippen LogP contribution in [0, 0.1) is 19.8 Å². The van der Waals surface area contributed by atoms with Gasteiger partial charge in [-0.2, -0.15) is 0 Å². The van der Waals surface area contributed by atoms with Gasteiger partial charge in [-0.1, -0.05) is 63.2 Å². The zero-order chi connectivity index (χ0) is 19.1. The monoisotopic (exact) mass is 353 g/mol. The largest absolute Gasteiger partial charge is 0.480 e. The van der Waals surface area contributed by atoms with Crippen LogP contribution in [0.15, 0.2) is 48.5 Å². The lowest BCUT2D eigenvalue weighted by Gasteiger charge is -2.25. The fourth-order valence-corrected chi connectivity index (χ4v) is 3.03. The van der Waals surface area contributed by atoms with Crippen molar-refractivity contribution in [1.29, 1.82) is 0 Å². The van der Waals surface area contributed by atoms with Gasteiger partial charge < -0.3 is 10.1 Å². The standard InChI is InChI=1S/C23H31NO2/c1-6-21(26-22-14-10-11-17(4)18(22)5)23(25)24-20(15-16(2)3)19-12-8-7-9-13-19/h7-14,16,20-21H,6,15H2,1-5H3,(H,24,25)/t20-,21-/m0/s1. The summed E-state index contributed by atoms with van der Waals surface area (Å²) in [6.07, 6.45) is 1.03. The Labute approximate surface area is 157 Å². The molecule has 0 radical (unpaired) electrons. The number of ether oxygens (including phenoxy) is 1. The molecule has 3 heteroatoms. The predicted octanol–water partition coefficient (Wildman–Crippen LogP) is 5.36. The first-order valence-corrected chi connectivity index (χ1v) is 9.50. The molecule has 3 nitrogen and oxygen atoms in total. The molecule has 0 bridgehead atoms. The third kappa shape index (κ3) is 5.35. The molecule has 1 N–H and O–H groups in total. The molecule has 0 spiro atoms. The number of rotatable bonds is 8. The van der Waals surface area contributed by atoms with Gasteiger partial charge in [-0.25, -0.2) is 0 Å². The van der Waals surface area contributed by atoms with Crippen molar-refractivity contribution >= 4 is 5.91 Å². The van der Waals surface area contributed by atoms with Crippen molar-refractivity contribution in [3.8, 4) is 5.75 Å². The van der Waals surface area contributed by atoms with Gasteiger partial charge in [0.2, 0.25) is 0 Å². The molecule has 0 aliphatic carbocycles. The first-order chi connectivity index (χ1) is 12.4. The molecular weight excluding hydrogens is 322 g/mol. The SMILES string of the molecule is CC[C@H](Oc1cccc(C)c1C)C(=O)N[C@@H](CC(C)C)c1ccccc1. The van der Waals surface area contributed by atoms with Crippen molar-refractivity contribution in [3.63, 3.8) is 0 Å². The zero-order valence-corrected chi connectivity index (χ0v) is 16.6. The number of aryl methyl sites for hydroxylation is 1. The van der Waals surface area contributed by atoms with E-state index in [1.54, 1.807) is 0 Å². The van der Waals surface area contributed by atoms with E-state index in [9.17, 15) is 4.79 Å². The summed E-state index contributed by atoms with van der Waals surface area (Å²) in [5.74, 6) is 1.22. The van der Waals surface area contributed by atoms with Crippen LogP contribution in [-0.4, -0.2) is 12.0 Å². The normalized spacial score (nSPS) is 13.3. The summed E-state index contributed by atoms with van der Waals surface area (Å²) in [6, 6.07) is 16.1. The van der Waals surface area contributed by atoms with E-state index < -0.39 is 6.10 Å². The summed E-state index contributed by atoms with van der Waals surface area (Å²) >= 11 is 0. The lowest BCUT2D eigenvalue weighted by atomic mass is 9.96. The minimum absolute atomic E-state index is 0.0000404. The maximum absolute atomic E-state index is 12.9. The molecule has 0 fully saturated rings. The summed E-state index contributed by atoms with van der Waals surface area (Å²) < 4.78 is 6.07. The van der Waals surface area contributed by atoms with Crippen molar-refractivity contribution in [2.24, 2.45) is 5.92 Å². The minimum Gasteiger partial charge on any atom is -0.480 e. The predicted molar refractivity (Wildman–Crippen MR) is 107 cm³/mol. The summed E-state index contributed by atoms with van der Waals surface area (Å²) in [6.45, 7) is 10.4. The summed E-state index contributed by atoms with van der Waals surface area (Å²) in [5.41, 5.74) is 3.39. The molecule has 0 saturated carbocycles. The Bertz CT molecular complexity index is 709. The zero-order valence-electron chi connectivity index (χ0n) is 16.6. The van der Waals surface area contributed by atoms with Gasteiger partial charge in [0, 0.05) is 0 Å². The van der Waals surface area contributed by atoms with Crippen LogP contribution in [0.25, 0.3) is 0 Å². The fourth-order valence-electron chi connectivity index (χ4n) is 3.03. The molecule has 1 amide bonds. The molecule has 0 heterocycles. The minimum atomic E-state index is -0.492. The highest BCUT2D eigenvalue weighted by Crippen LogP contribution is 2.24. The number of benzene rings is 2. The van der Waals surface area contributed by atoms with Crippen LogP contribution in [0.2, 0.25) is 0 Å². The van der Waals surface area contributed by atoms with E-state index in [1.807, 2.05) is 44.2 Å². The Balaban J connectivity index is 2.14. The highest BCUT2D eigenvalue weighted by atomic mass is 16.5. The molecule has 0 saturated heterocycles. The van der Waals surface area contributed by atoms with Crippen LogP contribution in [0.5, 0.6) is 5.75 Å². The highest BCUT2D eigenvalue weighted by Gasteiger charge is 2.23. The van der Waals surface area contributed by atoms with Gasteiger partial charge in [-0.15, -0.1) is 0 Å². The van der Waals surface area contributed by atoms with Gasteiger partial charge in [0.05, 0.1) is 6.04 Å². The van der Waals surface area contributed by atoms with Crippen LogP contribution in [0.4, 0.5) is 0 Å². The molecular formula is C23H31NO2. The second-order valence-electron chi connectivity index (χ2n) is 7.31. The van der Waals surface area contributed by atoms with Crippen LogP contribution in [-0.2, 0) is 4.79 Å². The van der Waals surface area contributed by atoms with Gasteiger partial charge >= 0.3 is 0 Å². The Morgan fingerprint density at radius 1 is 1.04 bits per heavy atom. The van der Waals surface area contributed by atoms with Gasteiger partial charge in [-0.05, 0) is 55.4 Å². The van der Waals surface area contributed by atoms with Crippen molar-refractivity contribution < 1.29 is 9.53 Å². The van der Waals surface area contributed by atoms with Crippen molar-refractivity contribution in [2.75, 3.05) is 0 Å². The molecule has 2 aromatic rings. The molecule has 2 rings (SSSR count). The fraction of sp³-hybridized carbons (Fsp3) is 0.435. The van der Waals surface area contributed by atoms with Crippen LogP contribution in [0.1, 0.15) is 56.3 Å². The molecule has 140 valence electrons. The lowest BCUT2D eigenvalue weighted by Crippen LogP contribution is -2.40. The Hall–Kier alpha value is -2.29. The summed E-state index contributed by atoms with van der Waals surface area (Å²) in [5, 5.41) is 3.21. The smallest absolute Gasteiger partial charge is 0.261 e. The van der Waals surface area contributed by atoms with Crippen molar-refractivity contribution in [3.05, 3.63) is 65.2 Å². The number of carbonyl (C=O) groups excluding carboxylic acids is 1. The van der Waals surface area contributed by atoms with E-state index in [1.165, 1.54) is 5.56 Å². The van der Waals surface area contributed by atoms with E-state index >= 15 is 0 Å². The Kier molecular flexibility index (Phi) is 7.26. The quantitative estimate of drug-likeness (QED) is 0.693. The van der Waals surface area contributed by atoms with Gasteiger partial charge in [0.15, 0.2) is 6.10 Å². The van der Waals surface area contributed by atoms with E-state index in [-0.39, 0.29) is 11.9 Å². The maximum Gasteiger partial charge on any atom is 0.261 e. The average molecular weight is 354 g/mol. The number of hydrogen-bond acceptors (Lipinski definition) is 2. The second kappa shape index (κ2) is 9.42. The number of nitrogens with one attached hydrogen (secondary N) is 1. The topological polar surface area (TPSA) is 38.3 Å². The molecule has 26 heavy (non-hydrogen) atoms. The van der Waals surface area contributed by atoms with E-state index in [2.05, 4.69) is 44.3 Å². The molecule has 0 aromatic heterocycles. The Morgan fingerprint density at radius 3 is 2.35 bits per heavy atom. The van der Waals surface area contributed by atoms with E-state index in [0.29, 0.717) is 12.3 Å². The summed E-state index contributed by atoms with van der Waals surface area (Å²) in [4.78, 5) is 12.9. The summed E-state index contributed by atoms with van der Waals surface area (Å²) in [7, 11) is 0. The third-order valence-electron chi connectivity index (χ3n) is 4.71. The average Bonchev–Trinajstić information content (AvgIpc) is 2.62. The first kappa shape index (κ1) is 20.0. The van der Waals surface area contributed by atoms with E-state index in [0.717, 1.165) is 23.3 Å².